The molecular formula is C19H28N4O. The molecular weight excluding hydrogens is 300 g/mol. The Balaban J connectivity index is 2.33. The number of unbranched alkanes of at least 4 members (excludes halogenated alkanes) is 2. The molecule has 1 aromatic carbocycles. The number of nitrogens with two attached hydrogens (primary N) is 2. The molecule has 1 aromatic heterocycles. The molecule has 24 heavy (non-hydrogen) atoms. The molecule has 0 unspecified atom stereocenters. The van der Waals surface area contributed by atoms with Crippen LogP contribution in [0, 0.1) is 0 Å². The van der Waals surface area contributed by atoms with E-state index in [4.69, 9.17) is 11.5 Å². The standard InChI is InChI=1S/C19H28N4O/c1-3-5-7-14-9-13(10-15(17(14)24)8-6-4-2)11-16-12-22-19(21)23-18(16)20/h9-10,12,24H,3-8,11H2,1-2H3,(H4,20,21,22,23). The number of benzene rings is 1. The van der Waals surface area contributed by atoms with Gasteiger partial charge in [0.2, 0.25) is 5.95 Å². The molecule has 0 saturated heterocycles. The zero-order valence-electron chi connectivity index (χ0n) is 14.7. The third-order valence-electron chi connectivity index (χ3n) is 4.24. The van der Waals surface area contributed by atoms with E-state index in [1.165, 1.54) is 0 Å². The maximum absolute atomic E-state index is 10.6. The number of anilines is 2. The molecule has 130 valence electrons. The van der Waals surface area contributed by atoms with E-state index >= 15 is 0 Å². The third kappa shape index (κ3) is 4.60. The smallest absolute Gasteiger partial charge is 0.221 e. The lowest BCUT2D eigenvalue weighted by atomic mass is 9.94. The summed E-state index contributed by atoms with van der Waals surface area (Å²) in [6.45, 7) is 4.32. The van der Waals surface area contributed by atoms with Crippen molar-refractivity contribution in [3.05, 3.63) is 40.6 Å². The van der Waals surface area contributed by atoms with E-state index in [-0.39, 0.29) is 5.95 Å². The van der Waals surface area contributed by atoms with Crippen LogP contribution in [-0.2, 0) is 19.3 Å². The summed E-state index contributed by atoms with van der Waals surface area (Å²) in [5.41, 5.74) is 15.6. The summed E-state index contributed by atoms with van der Waals surface area (Å²) in [5, 5.41) is 10.6. The lowest BCUT2D eigenvalue weighted by molar-refractivity contribution is 0.458. The minimum atomic E-state index is 0.189. The van der Waals surface area contributed by atoms with Gasteiger partial charge in [0, 0.05) is 18.2 Å². The lowest BCUT2D eigenvalue weighted by Crippen LogP contribution is -2.05. The zero-order valence-corrected chi connectivity index (χ0v) is 14.7. The van der Waals surface area contributed by atoms with Crippen LogP contribution in [0.4, 0.5) is 11.8 Å². The second-order valence-corrected chi connectivity index (χ2v) is 6.29. The molecule has 0 saturated carbocycles. The van der Waals surface area contributed by atoms with E-state index in [0.717, 1.165) is 60.8 Å². The third-order valence-corrected chi connectivity index (χ3v) is 4.24. The predicted molar refractivity (Wildman–Crippen MR) is 99.0 cm³/mol. The first-order chi connectivity index (χ1) is 11.5. The van der Waals surface area contributed by atoms with Crippen molar-refractivity contribution < 1.29 is 5.11 Å². The SMILES string of the molecule is CCCCc1cc(Cc2cnc(N)nc2N)cc(CCCC)c1O. The Morgan fingerprint density at radius 3 is 2.04 bits per heavy atom. The van der Waals surface area contributed by atoms with Crippen molar-refractivity contribution in [3.8, 4) is 5.75 Å². The van der Waals surface area contributed by atoms with Gasteiger partial charge in [-0.3, -0.25) is 0 Å². The number of rotatable bonds is 8. The second-order valence-electron chi connectivity index (χ2n) is 6.29. The fraction of sp³-hybridized carbons (Fsp3) is 0.474. The number of hydrogen-bond acceptors (Lipinski definition) is 5. The molecule has 5 N–H and O–H groups in total. The van der Waals surface area contributed by atoms with Crippen LogP contribution in [0.2, 0.25) is 0 Å². The van der Waals surface area contributed by atoms with Gasteiger partial charge in [0.15, 0.2) is 0 Å². The average molecular weight is 328 g/mol. The van der Waals surface area contributed by atoms with Crippen LogP contribution in [0.15, 0.2) is 18.3 Å². The van der Waals surface area contributed by atoms with Gasteiger partial charge in [-0.1, -0.05) is 38.8 Å². The fourth-order valence-corrected chi connectivity index (χ4v) is 2.84. The maximum Gasteiger partial charge on any atom is 0.221 e. The molecule has 0 bridgehead atoms. The van der Waals surface area contributed by atoms with Crippen LogP contribution in [0.1, 0.15) is 61.8 Å². The van der Waals surface area contributed by atoms with Crippen LogP contribution in [0.3, 0.4) is 0 Å². The Labute approximate surface area is 144 Å². The van der Waals surface area contributed by atoms with Crippen LogP contribution in [0.5, 0.6) is 5.75 Å². The summed E-state index contributed by atoms with van der Waals surface area (Å²) >= 11 is 0. The highest BCUT2D eigenvalue weighted by Gasteiger charge is 2.12. The normalized spacial score (nSPS) is 10.9. The number of aryl methyl sites for hydroxylation is 2. The summed E-state index contributed by atoms with van der Waals surface area (Å²) in [7, 11) is 0. The minimum absolute atomic E-state index is 0.189. The van der Waals surface area contributed by atoms with Crippen molar-refractivity contribution in [3.63, 3.8) is 0 Å². The Bertz CT molecular complexity index is 656. The van der Waals surface area contributed by atoms with E-state index in [9.17, 15) is 5.11 Å². The maximum atomic E-state index is 10.6. The number of nitrogen functional groups attached to an aromatic ring is 2. The number of hydrogen-bond donors (Lipinski definition) is 3. The van der Waals surface area contributed by atoms with Crippen LogP contribution in [0.25, 0.3) is 0 Å². The fourth-order valence-electron chi connectivity index (χ4n) is 2.84. The van der Waals surface area contributed by atoms with E-state index < -0.39 is 0 Å². The van der Waals surface area contributed by atoms with Crippen LogP contribution in [-0.4, -0.2) is 15.1 Å². The minimum Gasteiger partial charge on any atom is -0.507 e. The average Bonchev–Trinajstić information content (AvgIpc) is 2.56. The molecule has 0 aliphatic heterocycles. The van der Waals surface area contributed by atoms with E-state index in [1.807, 2.05) is 0 Å². The molecule has 0 fully saturated rings. The second kappa shape index (κ2) is 8.52. The molecule has 5 heteroatoms. The summed E-state index contributed by atoms with van der Waals surface area (Å²) in [6.07, 6.45) is 8.45. The number of nitrogens with zero attached hydrogens (tertiary/aromatic N) is 2. The summed E-state index contributed by atoms with van der Waals surface area (Å²) < 4.78 is 0. The monoisotopic (exact) mass is 328 g/mol. The van der Waals surface area contributed by atoms with Gasteiger partial charge < -0.3 is 16.6 Å². The summed E-state index contributed by atoms with van der Waals surface area (Å²) in [4.78, 5) is 8.06. The van der Waals surface area contributed by atoms with Gasteiger partial charge in [-0.15, -0.1) is 0 Å². The highest BCUT2D eigenvalue weighted by atomic mass is 16.3. The first-order valence-corrected chi connectivity index (χ1v) is 8.75. The molecule has 0 amide bonds. The predicted octanol–water partition coefficient (Wildman–Crippen LogP) is 3.62. The van der Waals surface area contributed by atoms with Crippen LogP contribution < -0.4 is 11.5 Å². The van der Waals surface area contributed by atoms with Gasteiger partial charge >= 0.3 is 0 Å². The first kappa shape index (κ1) is 18.0. The number of phenols is 1. The Morgan fingerprint density at radius 2 is 1.54 bits per heavy atom. The Morgan fingerprint density at radius 1 is 0.958 bits per heavy atom. The van der Waals surface area contributed by atoms with Crippen molar-refractivity contribution in [1.82, 2.24) is 9.97 Å². The molecule has 5 nitrogen and oxygen atoms in total. The van der Waals surface area contributed by atoms with Crippen molar-refractivity contribution in [2.24, 2.45) is 0 Å². The Kier molecular flexibility index (Phi) is 6.41. The largest absolute Gasteiger partial charge is 0.507 e. The van der Waals surface area contributed by atoms with Crippen LogP contribution >= 0.6 is 0 Å². The highest BCUT2D eigenvalue weighted by Crippen LogP contribution is 2.29. The number of aromatic hydroxyl groups is 1. The van der Waals surface area contributed by atoms with E-state index in [0.29, 0.717) is 18.0 Å². The summed E-state index contributed by atoms with van der Waals surface area (Å²) in [6, 6.07) is 4.16. The molecule has 0 atom stereocenters. The molecule has 0 aliphatic rings. The first-order valence-electron chi connectivity index (χ1n) is 8.75. The van der Waals surface area contributed by atoms with E-state index in [1.54, 1.807) is 6.20 Å². The van der Waals surface area contributed by atoms with E-state index in [2.05, 4.69) is 35.9 Å². The van der Waals surface area contributed by atoms with Crippen molar-refractivity contribution in [2.75, 3.05) is 11.5 Å². The molecule has 0 radical (unpaired) electrons. The summed E-state index contributed by atoms with van der Waals surface area (Å²) in [5.74, 6) is 1.07. The lowest BCUT2D eigenvalue weighted by Gasteiger charge is -2.14. The van der Waals surface area contributed by atoms with Crippen molar-refractivity contribution in [1.29, 1.82) is 0 Å². The molecule has 0 spiro atoms. The topological polar surface area (TPSA) is 98.0 Å². The zero-order chi connectivity index (χ0) is 17.5. The molecule has 2 aromatic rings. The van der Waals surface area contributed by atoms with Gasteiger partial charge in [-0.25, -0.2) is 4.98 Å². The quantitative estimate of drug-likeness (QED) is 0.687. The molecule has 1 heterocycles. The van der Waals surface area contributed by atoms with Crippen molar-refractivity contribution in [2.45, 2.75) is 58.8 Å². The van der Waals surface area contributed by atoms with Gasteiger partial charge in [-0.2, -0.15) is 4.98 Å². The number of aromatic nitrogens is 2. The Hall–Kier alpha value is -2.30. The molecule has 0 aliphatic carbocycles. The highest BCUT2D eigenvalue weighted by molar-refractivity contribution is 5.48. The van der Waals surface area contributed by atoms with Gasteiger partial charge in [0.1, 0.15) is 11.6 Å². The van der Waals surface area contributed by atoms with Crippen molar-refractivity contribution >= 4 is 11.8 Å². The molecule has 2 rings (SSSR count). The van der Waals surface area contributed by atoms with Gasteiger partial charge in [0.25, 0.3) is 0 Å². The van der Waals surface area contributed by atoms with Gasteiger partial charge in [0.05, 0.1) is 0 Å². The van der Waals surface area contributed by atoms with Gasteiger partial charge in [-0.05, 0) is 42.4 Å². The number of phenolic OH excluding ortho intramolecular Hbond substituents is 1.